The topological polar surface area (TPSA) is 66.5 Å². The van der Waals surface area contributed by atoms with E-state index in [0.717, 1.165) is 42.9 Å². The van der Waals surface area contributed by atoms with Gasteiger partial charge in [-0.1, -0.05) is 23.7 Å². The summed E-state index contributed by atoms with van der Waals surface area (Å²) in [4.78, 5) is 19.9. The Balaban J connectivity index is 1.04. The number of nitrogens with one attached hydrogen (secondary N) is 2. The molecule has 2 aliphatic heterocycles. The number of rotatable bonds is 7. The van der Waals surface area contributed by atoms with Crippen LogP contribution < -0.4 is 10.6 Å². The Hall–Kier alpha value is -1.74. The Bertz CT molecular complexity index is 974. The number of piperidine rings is 2. The summed E-state index contributed by atoms with van der Waals surface area (Å²) in [5, 5.41) is 8.45. The number of hydrogen-bond acceptors (Lipinski definition) is 6. The molecule has 1 saturated carbocycles. The van der Waals surface area contributed by atoms with Crippen molar-refractivity contribution in [3.63, 3.8) is 0 Å². The Kier molecular flexibility index (Phi) is 7.39. The molecule has 0 spiro atoms. The molecule has 3 fully saturated rings. The van der Waals surface area contributed by atoms with Crippen molar-refractivity contribution in [3.8, 4) is 10.6 Å². The van der Waals surface area contributed by atoms with E-state index in [-0.39, 0.29) is 6.09 Å². The predicted molar refractivity (Wildman–Crippen MR) is 133 cm³/mol. The summed E-state index contributed by atoms with van der Waals surface area (Å²) in [7, 11) is 0. The zero-order chi connectivity index (χ0) is 23.5. The van der Waals surface area contributed by atoms with Gasteiger partial charge in [0.15, 0.2) is 0 Å². The molecule has 2 N–H and O–H groups in total. The van der Waals surface area contributed by atoms with Gasteiger partial charge in [-0.2, -0.15) is 0 Å². The lowest BCUT2D eigenvalue weighted by Crippen LogP contribution is -2.49. The van der Waals surface area contributed by atoms with E-state index < -0.39 is 5.67 Å². The van der Waals surface area contributed by atoms with Crippen LogP contribution in [0.3, 0.4) is 0 Å². The van der Waals surface area contributed by atoms with Gasteiger partial charge in [0.2, 0.25) is 0 Å². The standard InChI is InChI=1S/C25H32ClFN4O2S/c26-19-3-1-18(2-4-19)23-29-14-22(34-23)20-13-21(20)30-16-25(27)7-11-31(12-8-25)24(32)33-15-17-5-9-28-10-6-17/h1-4,14,17,20-21,28,30H,5-13,15-16H2. The molecule has 1 aromatic carbocycles. The minimum atomic E-state index is -1.28. The fourth-order valence-electron chi connectivity index (χ4n) is 4.83. The number of amides is 1. The van der Waals surface area contributed by atoms with Crippen LogP contribution in [-0.4, -0.2) is 67.0 Å². The van der Waals surface area contributed by atoms with Crippen LogP contribution in [0.15, 0.2) is 30.5 Å². The molecule has 0 bridgehead atoms. The quantitative estimate of drug-likeness (QED) is 0.562. The maximum absolute atomic E-state index is 15.4. The lowest BCUT2D eigenvalue weighted by Gasteiger charge is -2.36. The smallest absolute Gasteiger partial charge is 0.409 e. The highest BCUT2D eigenvalue weighted by Crippen LogP contribution is 2.45. The van der Waals surface area contributed by atoms with Gasteiger partial charge in [-0.25, -0.2) is 14.2 Å². The Morgan fingerprint density at radius 1 is 1.26 bits per heavy atom. The molecular weight excluding hydrogens is 475 g/mol. The van der Waals surface area contributed by atoms with Gasteiger partial charge in [-0.05, 0) is 50.4 Å². The molecule has 2 atom stereocenters. The molecule has 0 radical (unpaired) electrons. The second-order valence-corrected chi connectivity index (χ2v) is 11.3. The molecule has 2 aromatic rings. The number of alkyl halides is 1. The van der Waals surface area contributed by atoms with Gasteiger partial charge in [0.1, 0.15) is 10.7 Å². The Labute approximate surface area is 209 Å². The predicted octanol–water partition coefficient (Wildman–Crippen LogP) is 4.85. The average molecular weight is 507 g/mol. The van der Waals surface area contributed by atoms with Crippen LogP contribution in [0.4, 0.5) is 9.18 Å². The lowest BCUT2D eigenvalue weighted by molar-refractivity contribution is 0.0362. The summed E-state index contributed by atoms with van der Waals surface area (Å²) >= 11 is 7.67. The van der Waals surface area contributed by atoms with Crippen LogP contribution >= 0.6 is 22.9 Å². The van der Waals surface area contributed by atoms with Crippen molar-refractivity contribution in [2.24, 2.45) is 5.92 Å². The van der Waals surface area contributed by atoms with Gasteiger partial charge in [0.25, 0.3) is 0 Å². The van der Waals surface area contributed by atoms with Crippen LogP contribution in [0.1, 0.15) is 42.9 Å². The van der Waals surface area contributed by atoms with Crippen LogP contribution in [-0.2, 0) is 4.74 Å². The zero-order valence-corrected chi connectivity index (χ0v) is 20.8. The first-order valence-electron chi connectivity index (χ1n) is 12.3. The van der Waals surface area contributed by atoms with Gasteiger partial charge in [-0.15, -0.1) is 11.3 Å². The largest absolute Gasteiger partial charge is 0.449 e. The molecule has 34 heavy (non-hydrogen) atoms. The number of aromatic nitrogens is 1. The summed E-state index contributed by atoms with van der Waals surface area (Å²) in [5.74, 6) is 0.832. The zero-order valence-electron chi connectivity index (χ0n) is 19.3. The molecule has 1 aromatic heterocycles. The molecular formula is C25H32ClFN4O2S. The number of thiazole rings is 1. The van der Waals surface area contributed by atoms with E-state index >= 15 is 4.39 Å². The minimum Gasteiger partial charge on any atom is -0.449 e. The summed E-state index contributed by atoms with van der Waals surface area (Å²) in [6.45, 7) is 3.59. The molecule has 3 heterocycles. The van der Waals surface area contributed by atoms with E-state index in [4.69, 9.17) is 16.3 Å². The van der Waals surface area contributed by atoms with Gasteiger partial charge >= 0.3 is 6.09 Å². The third kappa shape index (κ3) is 5.90. The molecule has 9 heteroatoms. The van der Waals surface area contributed by atoms with Crippen LogP contribution in [0.5, 0.6) is 0 Å². The van der Waals surface area contributed by atoms with Crippen molar-refractivity contribution in [2.45, 2.75) is 49.7 Å². The van der Waals surface area contributed by atoms with Crippen LogP contribution in [0.2, 0.25) is 5.02 Å². The SMILES string of the molecule is O=C(OCC1CCNCC1)N1CCC(F)(CNC2CC2c2cnc(-c3ccc(Cl)cc3)s2)CC1. The van der Waals surface area contributed by atoms with E-state index in [9.17, 15) is 4.79 Å². The molecule has 184 valence electrons. The first kappa shape index (κ1) is 24.0. The van der Waals surface area contributed by atoms with Crippen molar-refractivity contribution < 1.29 is 13.9 Å². The molecule has 1 aliphatic carbocycles. The number of halogens is 2. The highest BCUT2D eigenvalue weighted by Gasteiger charge is 2.43. The third-order valence-corrected chi connectivity index (χ3v) is 8.70. The number of nitrogens with zero attached hydrogens (tertiary/aromatic N) is 2. The number of likely N-dealkylation sites (tertiary alicyclic amines) is 1. The monoisotopic (exact) mass is 506 g/mol. The van der Waals surface area contributed by atoms with Gasteiger partial charge in [-0.3, -0.25) is 0 Å². The number of hydrogen-bond donors (Lipinski definition) is 2. The number of ether oxygens (including phenoxy) is 1. The Morgan fingerprint density at radius 2 is 2.00 bits per heavy atom. The number of carbonyl (C=O) groups is 1. The highest BCUT2D eigenvalue weighted by atomic mass is 35.5. The Morgan fingerprint density at radius 3 is 2.74 bits per heavy atom. The van der Waals surface area contributed by atoms with Crippen molar-refractivity contribution in [1.82, 2.24) is 20.5 Å². The number of benzene rings is 1. The van der Waals surface area contributed by atoms with Crippen molar-refractivity contribution in [2.75, 3.05) is 39.3 Å². The van der Waals surface area contributed by atoms with Gasteiger partial charge < -0.3 is 20.3 Å². The summed E-state index contributed by atoms with van der Waals surface area (Å²) < 4.78 is 20.9. The summed E-state index contributed by atoms with van der Waals surface area (Å²) in [5.41, 5.74) is -0.212. The van der Waals surface area contributed by atoms with Gasteiger partial charge in [0, 0.05) is 66.1 Å². The third-order valence-electron chi connectivity index (χ3n) is 7.27. The van der Waals surface area contributed by atoms with E-state index in [0.29, 0.717) is 62.0 Å². The maximum atomic E-state index is 15.4. The molecule has 3 aliphatic rings. The van der Waals surface area contributed by atoms with E-state index in [1.165, 1.54) is 4.88 Å². The molecule has 2 unspecified atom stereocenters. The van der Waals surface area contributed by atoms with Crippen molar-refractivity contribution >= 4 is 29.0 Å². The summed E-state index contributed by atoms with van der Waals surface area (Å²) in [6, 6.07) is 8.00. The normalized spacial score (nSPS) is 24.7. The van der Waals surface area contributed by atoms with E-state index in [1.54, 1.807) is 16.2 Å². The highest BCUT2D eigenvalue weighted by molar-refractivity contribution is 7.15. The van der Waals surface area contributed by atoms with Crippen molar-refractivity contribution in [3.05, 3.63) is 40.4 Å². The minimum absolute atomic E-state index is 0.291. The first-order chi connectivity index (χ1) is 16.5. The van der Waals surface area contributed by atoms with Crippen molar-refractivity contribution in [1.29, 1.82) is 0 Å². The average Bonchev–Trinajstić information content (AvgIpc) is 3.48. The van der Waals surface area contributed by atoms with Gasteiger partial charge in [0.05, 0.1) is 6.61 Å². The first-order valence-corrected chi connectivity index (χ1v) is 13.4. The molecule has 5 rings (SSSR count). The number of carbonyl (C=O) groups excluding carboxylic acids is 1. The van der Waals surface area contributed by atoms with E-state index in [2.05, 4.69) is 15.6 Å². The summed E-state index contributed by atoms with van der Waals surface area (Å²) in [6.07, 6.45) is 5.44. The maximum Gasteiger partial charge on any atom is 0.409 e. The second kappa shape index (κ2) is 10.5. The molecule has 2 saturated heterocycles. The lowest BCUT2D eigenvalue weighted by atomic mass is 9.93. The van der Waals surface area contributed by atoms with Crippen LogP contribution in [0, 0.1) is 5.92 Å². The fourth-order valence-corrected chi connectivity index (χ4v) is 6.05. The molecule has 6 nitrogen and oxygen atoms in total. The fraction of sp³-hybridized carbons (Fsp3) is 0.600. The second-order valence-electron chi connectivity index (χ2n) is 9.81. The van der Waals surface area contributed by atoms with Crippen LogP contribution in [0.25, 0.3) is 10.6 Å². The van der Waals surface area contributed by atoms with E-state index in [1.807, 2.05) is 30.5 Å². The molecule has 1 amide bonds.